The van der Waals surface area contributed by atoms with Crippen LogP contribution in [0.5, 0.6) is 0 Å². The van der Waals surface area contributed by atoms with Gasteiger partial charge in [0.1, 0.15) is 0 Å². The second-order valence-corrected chi connectivity index (χ2v) is 6.36. The molecule has 1 rings (SSSR count). The summed E-state index contributed by atoms with van der Waals surface area (Å²) >= 11 is 0. The summed E-state index contributed by atoms with van der Waals surface area (Å²) in [7, 11) is 0. The Morgan fingerprint density at radius 2 is 1.96 bits per heavy atom. The lowest BCUT2D eigenvalue weighted by Gasteiger charge is -2.13. The smallest absolute Gasteiger partial charge is 0.303 e. The number of allylic oxidation sites excluding steroid dienone is 8. The van der Waals surface area contributed by atoms with Gasteiger partial charge in [-0.25, -0.2) is 0 Å². The largest absolute Gasteiger partial charge is 0.481 e. The summed E-state index contributed by atoms with van der Waals surface area (Å²) < 4.78 is 0. The van der Waals surface area contributed by atoms with Gasteiger partial charge in [-0.15, -0.1) is 0 Å². The van der Waals surface area contributed by atoms with Gasteiger partial charge in [0.15, 0.2) is 5.78 Å². The maximum atomic E-state index is 11.9. The van der Waals surface area contributed by atoms with Crippen molar-refractivity contribution in [2.75, 3.05) is 0 Å². The molecule has 0 fully saturated rings. The molecule has 0 aliphatic heterocycles. The highest BCUT2D eigenvalue weighted by Crippen LogP contribution is 2.27. The van der Waals surface area contributed by atoms with Crippen molar-refractivity contribution in [1.82, 2.24) is 0 Å². The van der Waals surface area contributed by atoms with Crippen molar-refractivity contribution in [1.29, 1.82) is 0 Å². The first-order valence-electron chi connectivity index (χ1n) is 9.29. The molecule has 0 aromatic carbocycles. The van der Waals surface area contributed by atoms with Crippen LogP contribution in [0.15, 0.2) is 60.8 Å². The third-order valence-electron chi connectivity index (χ3n) is 4.17. The average Bonchev–Trinajstić information content (AvgIpc) is 2.95. The van der Waals surface area contributed by atoms with Crippen LogP contribution in [-0.4, -0.2) is 28.1 Å². The fourth-order valence-corrected chi connectivity index (χ4v) is 2.70. The second kappa shape index (κ2) is 13.1. The van der Waals surface area contributed by atoms with E-state index in [1.54, 1.807) is 12.2 Å². The normalized spacial score (nSPS) is 21.8. The van der Waals surface area contributed by atoms with Crippen LogP contribution in [-0.2, 0) is 9.59 Å². The third kappa shape index (κ3) is 9.33. The van der Waals surface area contributed by atoms with E-state index >= 15 is 0 Å². The van der Waals surface area contributed by atoms with Crippen LogP contribution in [0.4, 0.5) is 0 Å². The summed E-state index contributed by atoms with van der Waals surface area (Å²) in [6.07, 6.45) is 22.1. The van der Waals surface area contributed by atoms with Crippen molar-refractivity contribution in [3.05, 3.63) is 60.8 Å². The Balaban J connectivity index is 2.32. The van der Waals surface area contributed by atoms with E-state index in [4.69, 9.17) is 5.11 Å². The fourth-order valence-electron chi connectivity index (χ4n) is 2.70. The second-order valence-electron chi connectivity index (χ2n) is 6.36. The summed E-state index contributed by atoms with van der Waals surface area (Å²) in [5, 5.41) is 18.6. The predicted molar refractivity (Wildman–Crippen MR) is 105 cm³/mol. The van der Waals surface area contributed by atoms with E-state index in [9.17, 15) is 14.7 Å². The van der Waals surface area contributed by atoms with Gasteiger partial charge in [0.2, 0.25) is 0 Å². The molecule has 4 nitrogen and oxygen atoms in total. The van der Waals surface area contributed by atoms with Crippen molar-refractivity contribution in [2.45, 2.75) is 51.6 Å². The maximum Gasteiger partial charge on any atom is 0.303 e. The van der Waals surface area contributed by atoms with Crippen LogP contribution < -0.4 is 0 Å². The molecule has 0 saturated carbocycles. The minimum atomic E-state index is -0.789. The van der Waals surface area contributed by atoms with E-state index in [0.29, 0.717) is 12.8 Å². The molecule has 0 saturated heterocycles. The van der Waals surface area contributed by atoms with Crippen molar-refractivity contribution in [3.63, 3.8) is 0 Å². The van der Waals surface area contributed by atoms with Crippen molar-refractivity contribution in [3.8, 4) is 0 Å². The number of rotatable bonds is 12. The zero-order valence-corrected chi connectivity index (χ0v) is 15.5. The fraction of sp³-hybridized carbons (Fsp3) is 0.455. The summed E-state index contributed by atoms with van der Waals surface area (Å²) in [6, 6.07) is 0. The molecule has 0 aromatic heterocycles. The highest BCUT2D eigenvalue weighted by Gasteiger charge is 2.26. The number of carboxylic acids is 1. The first-order chi connectivity index (χ1) is 12.5. The first kappa shape index (κ1) is 21.8. The molecule has 0 radical (unpaired) electrons. The zero-order valence-electron chi connectivity index (χ0n) is 15.5. The minimum Gasteiger partial charge on any atom is -0.481 e. The van der Waals surface area contributed by atoms with Gasteiger partial charge in [-0.3, -0.25) is 9.59 Å². The van der Waals surface area contributed by atoms with Gasteiger partial charge in [0, 0.05) is 18.3 Å². The van der Waals surface area contributed by atoms with Crippen LogP contribution in [0.3, 0.4) is 0 Å². The minimum absolute atomic E-state index is 0.0484. The molecule has 0 heterocycles. The molecule has 2 N–H and O–H groups in total. The molecule has 0 unspecified atom stereocenters. The Morgan fingerprint density at radius 3 is 2.69 bits per heavy atom. The monoisotopic (exact) mass is 358 g/mol. The Labute approximate surface area is 156 Å². The lowest BCUT2D eigenvalue weighted by atomic mass is 9.90. The zero-order chi connectivity index (χ0) is 19.2. The molecule has 3 atom stereocenters. The van der Waals surface area contributed by atoms with E-state index < -0.39 is 12.1 Å². The SMILES string of the molecule is CC/C=C\C[C@H]1C(=O)C=C[C@@H]1/C=C/[C@@H](O)C/C=C\C/C=C\CCC(=O)O. The maximum absolute atomic E-state index is 11.9. The number of hydrogen-bond donors (Lipinski definition) is 2. The van der Waals surface area contributed by atoms with E-state index in [1.165, 1.54) is 0 Å². The summed E-state index contributed by atoms with van der Waals surface area (Å²) in [6.45, 7) is 2.07. The van der Waals surface area contributed by atoms with Crippen LogP contribution in [0.25, 0.3) is 0 Å². The lowest BCUT2D eigenvalue weighted by molar-refractivity contribution is -0.136. The molecule has 1 aliphatic carbocycles. The average molecular weight is 358 g/mol. The van der Waals surface area contributed by atoms with E-state index in [-0.39, 0.29) is 24.0 Å². The number of ketones is 1. The van der Waals surface area contributed by atoms with Gasteiger partial charge in [0.05, 0.1) is 6.10 Å². The van der Waals surface area contributed by atoms with Gasteiger partial charge in [0.25, 0.3) is 0 Å². The summed E-state index contributed by atoms with van der Waals surface area (Å²) in [5.74, 6) is -0.625. The van der Waals surface area contributed by atoms with Gasteiger partial charge in [-0.05, 0) is 38.2 Å². The Kier molecular flexibility index (Phi) is 11.0. The molecule has 26 heavy (non-hydrogen) atoms. The van der Waals surface area contributed by atoms with Crippen LogP contribution in [0.1, 0.15) is 45.4 Å². The number of aliphatic carboxylic acids is 1. The molecule has 0 amide bonds. The highest BCUT2D eigenvalue weighted by atomic mass is 16.4. The van der Waals surface area contributed by atoms with Crippen LogP contribution in [0, 0.1) is 11.8 Å². The van der Waals surface area contributed by atoms with E-state index in [0.717, 1.165) is 19.3 Å². The van der Waals surface area contributed by atoms with Gasteiger partial charge < -0.3 is 10.2 Å². The molecule has 1 aliphatic rings. The van der Waals surface area contributed by atoms with Crippen LogP contribution in [0.2, 0.25) is 0 Å². The topological polar surface area (TPSA) is 74.6 Å². The molecule has 0 aromatic rings. The number of hydrogen-bond acceptors (Lipinski definition) is 3. The predicted octanol–water partition coefficient (Wildman–Crippen LogP) is 4.39. The highest BCUT2D eigenvalue weighted by molar-refractivity contribution is 5.95. The van der Waals surface area contributed by atoms with Gasteiger partial charge in [-0.2, -0.15) is 0 Å². The van der Waals surface area contributed by atoms with Crippen molar-refractivity contribution >= 4 is 11.8 Å². The van der Waals surface area contributed by atoms with Crippen molar-refractivity contribution < 1.29 is 19.8 Å². The summed E-state index contributed by atoms with van der Waals surface area (Å²) in [4.78, 5) is 22.3. The molecule has 4 heteroatoms. The Bertz CT molecular complexity index is 581. The summed E-state index contributed by atoms with van der Waals surface area (Å²) in [5.41, 5.74) is 0. The molecule has 142 valence electrons. The lowest BCUT2D eigenvalue weighted by Crippen LogP contribution is -2.14. The number of carbonyl (C=O) groups is 2. The molecule has 0 bridgehead atoms. The quantitative estimate of drug-likeness (QED) is 0.507. The van der Waals surface area contributed by atoms with Crippen LogP contribution >= 0.6 is 0 Å². The van der Waals surface area contributed by atoms with E-state index in [1.807, 2.05) is 36.5 Å². The van der Waals surface area contributed by atoms with E-state index in [2.05, 4.69) is 19.1 Å². The number of aliphatic hydroxyl groups excluding tert-OH is 1. The number of carboxylic acid groups (broad SMARTS) is 1. The number of aliphatic hydroxyl groups is 1. The standard InChI is InChI=1S/C22H30O4/c1-2-3-8-12-20-18(15-17-21(20)24)14-16-19(23)11-9-6-4-5-7-10-13-22(25)26/h3,5-9,14-20,23H,2,4,10-13H2,1H3,(H,25,26)/b7-5-,8-3-,9-6-,16-14+/t18-,19-,20+/m0/s1. The molecular weight excluding hydrogens is 328 g/mol. The third-order valence-corrected chi connectivity index (χ3v) is 4.17. The molecular formula is C22H30O4. The molecule has 0 spiro atoms. The first-order valence-corrected chi connectivity index (χ1v) is 9.29. The van der Waals surface area contributed by atoms with Gasteiger partial charge in [-0.1, -0.05) is 61.6 Å². The van der Waals surface area contributed by atoms with Crippen molar-refractivity contribution in [2.24, 2.45) is 11.8 Å². The Morgan fingerprint density at radius 1 is 1.19 bits per heavy atom. The number of carbonyl (C=O) groups excluding carboxylic acids is 1. The Hall–Kier alpha value is -2.20. The van der Waals surface area contributed by atoms with Gasteiger partial charge >= 0.3 is 5.97 Å².